The molecule has 1 saturated carbocycles. The van der Waals surface area contributed by atoms with Crippen LogP contribution in [0.15, 0.2) is 53.4 Å². The SMILES string of the molecule is CN(Cc1ccccc1F)C(=O)CCc1ccc(S(=O)(=O)NC2CC2)cc1. The second-order valence-corrected chi connectivity index (χ2v) is 8.59. The van der Waals surface area contributed by atoms with Crippen LogP contribution in [0.4, 0.5) is 4.39 Å². The molecular formula is C20H23FN2O3S. The van der Waals surface area contributed by atoms with Crippen molar-refractivity contribution in [1.82, 2.24) is 9.62 Å². The van der Waals surface area contributed by atoms with Gasteiger partial charge >= 0.3 is 0 Å². The first-order chi connectivity index (χ1) is 12.8. The summed E-state index contributed by atoms with van der Waals surface area (Å²) < 4.78 is 40.6. The second-order valence-electron chi connectivity index (χ2n) is 6.88. The Kier molecular flexibility index (Phi) is 5.92. The first-order valence-electron chi connectivity index (χ1n) is 8.94. The molecule has 1 aliphatic rings. The molecule has 1 amide bonds. The zero-order chi connectivity index (χ0) is 19.4. The lowest BCUT2D eigenvalue weighted by molar-refractivity contribution is -0.130. The summed E-state index contributed by atoms with van der Waals surface area (Å²) >= 11 is 0. The van der Waals surface area contributed by atoms with E-state index in [1.165, 1.54) is 11.0 Å². The van der Waals surface area contributed by atoms with Crippen molar-refractivity contribution in [2.45, 2.75) is 43.2 Å². The minimum absolute atomic E-state index is 0.0669. The van der Waals surface area contributed by atoms with Crippen molar-refractivity contribution < 1.29 is 17.6 Å². The smallest absolute Gasteiger partial charge is 0.240 e. The number of carbonyl (C=O) groups excluding carboxylic acids is 1. The van der Waals surface area contributed by atoms with Gasteiger partial charge in [-0.15, -0.1) is 0 Å². The fourth-order valence-electron chi connectivity index (χ4n) is 2.74. The molecule has 2 aromatic rings. The van der Waals surface area contributed by atoms with Gasteiger partial charge in [0.25, 0.3) is 0 Å². The zero-order valence-electron chi connectivity index (χ0n) is 15.2. The molecule has 1 N–H and O–H groups in total. The number of hydrogen-bond donors (Lipinski definition) is 1. The third-order valence-corrected chi connectivity index (χ3v) is 6.09. The largest absolute Gasteiger partial charge is 0.341 e. The van der Waals surface area contributed by atoms with Crippen LogP contribution >= 0.6 is 0 Å². The van der Waals surface area contributed by atoms with Crippen LogP contribution < -0.4 is 4.72 Å². The summed E-state index contributed by atoms with van der Waals surface area (Å²) in [5.41, 5.74) is 1.36. The van der Waals surface area contributed by atoms with E-state index in [1.807, 2.05) is 0 Å². The topological polar surface area (TPSA) is 66.5 Å². The summed E-state index contributed by atoms with van der Waals surface area (Å²) in [7, 11) is -1.81. The van der Waals surface area contributed by atoms with Gasteiger partial charge in [-0.25, -0.2) is 17.5 Å². The van der Waals surface area contributed by atoms with E-state index >= 15 is 0 Å². The maximum Gasteiger partial charge on any atom is 0.240 e. The first kappa shape index (κ1) is 19.5. The van der Waals surface area contributed by atoms with Gasteiger partial charge in [0, 0.05) is 31.6 Å². The van der Waals surface area contributed by atoms with Crippen molar-refractivity contribution in [3.05, 3.63) is 65.5 Å². The van der Waals surface area contributed by atoms with Crippen LogP contribution in [-0.4, -0.2) is 32.3 Å². The Morgan fingerprint density at radius 2 is 1.81 bits per heavy atom. The highest BCUT2D eigenvalue weighted by molar-refractivity contribution is 7.89. The van der Waals surface area contributed by atoms with Gasteiger partial charge < -0.3 is 4.90 Å². The number of nitrogens with one attached hydrogen (secondary N) is 1. The van der Waals surface area contributed by atoms with Gasteiger partial charge in [0.05, 0.1) is 4.90 Å². The lowest BCUT2D eigenvalue weighted by Gasteiger charge is -2.17. The van der Waals surface area contributed by atoms with Gasteiger partial charge in [0.1, 0.15) is 5.82 Å². The summed E-state index contributed by atoms with van der Waals surface area (Å²) in [6.45, 7) is 0.218. The number of rotatable bonds is 8. The van der Waals surface area contributed by atoms with Crippen molar-refractivity contribution in [3.8, 4) is 0 Å². The van der Waals surface area contributed by atoms with Crippen LogP contribution in [0, 0.1) is 5.82 Å². The molecule has 1 aliphatic carbocycles. The van der Waals surface area contributed by atoms with E-state index in [2.05, 4.69) is 4.72 Å². The van der Waals surface area contributed by atoms with Gasteiger partial charge in [-0.05, 0) is 43.0 Å². The molecule has 0 heterocycles. The highest BCUT2D eigenvalue weighted by Crippen LogP contribution is 2.22. The lowest BCUT2D eigenvalue weighted by atomic mass is 10.1. The molecule has 7 heteroatoms. The summed E-state index contributed by atoms with van der Waals surface area (Å²) in [6.07, 6.45) is 2.55. The Labute approximate surface area is 159 Å². The number of nitrogens with zero attached hydrogens (tertiary/aromatic N) is 1. The Morgan fingerprint density at radius 1 is 1.15 bits per heavy atom. The Bertz CT molecular complexity index is 909. The van der Waals surface area contributed by atoms with Crippen molar-refractivity contribution >= 4 is 15.9 Å². The molecule has 0 bridgehead atoms. The monoisotopic (exact) mass is 390 g/mol. The Hall–Kier alpha value is -2.25. The van der Waals surface area contributed by atoms with E-state index < -0.39 is 10.0 Å². The Balaban J connectivity index is 1.53. The molecule has 27 heavy (non-hydrogen) atoms. The standard InChI is InChI=1S/C20H23FN2O3S/c1-23(14-16-4-2-3-5-19(16)21)20(24)13-8-15-6-11-18(12-7-15)27(25,26)22-17-9-10-17/h2-7,11-12,17,22H,8-10,13-14H2,1H3. The number of hydrogen-bond acceptors (Lipinski definition) is 3. The maximum absolute atomic E-state index is 13.7. The maximum atomic E-state index is 13.7. The van der Waals surface area contributed by atoms with Crippen LogP contribution in [0.5, 0.6) is 0 Å². The molecule has 0 atom stereocenters. The van der Waals surface area contributed by atoms with Crippen molar-refractivity contribution in [3.63, 3.8) is 0 Å². The number of amides is 1. The molecule has 0 unspecified atom stereocenters. The van der Waals surface area contributed by atoms with Crippen LogP contribution in [-0.2, 0) is 27.8 Å². The van der Waals surface area contributed by atoms with E-state index in [-0.39, 0.29) is 35.6 Å². The predicted molar refractivity (Wildman–Crippen MR) is 101 cm³/mol. The molecule has 144 valence electrons. The number of sulfonamides is 1. The molecular weight excluding hydrogens is 367 g/mol. The highest BCUT2D eigenvalue weighted by atomic mass is 32.2. The van der Waals surface area contributed by atoms with E-state index in [1.54, 1.807) is 49.5 Å². The van der Waals surface area contributed by atoms with Gasteiger partial charge in [0.2, 0.25) is 15.9 Å². The van der Waals surface area contributed by atoms with Crippen molar-refractivity contribution in [1.29, 1.82) is 0 Å². The second kappa shape index (κ2) is 8.19. The molecule has 1 fully saturated rings. The minimum atomic E-state index is -3.46. The third-order valence-electron chi connectivity index (χ3n) is 4.55. The quantitative estimate of drug-likeness (QED) is 0.754. The van der Waals surface area contributed by atoms with Crippen LogP contribution in [0.3, 0.4) is 0 Å². The molecule has 0 aliphatic heterocycles. The van der Waals surface area contributed by atoms with Crippen molar-refractivity contribution in [2.24, 2.45) is 0 Å². The van der Waals surface area contributed by atoms with E-state index in [0.717, 1.165) is 18.4 Å². The van der Waals surface area contributed by atoms with Gasteiger partial charge in [-0.3, -0.25) is 4.79 Å². The van der Waals surface area contributed by atoms with Crippen LogP contribution in [0.25, 0.3) is 0 Å². The van der Waals surface area contributed by atoms with E-state index in [9.17, 15) is 17.6 Å². The minimum Gasteiger partial charge on any atom is -0.341 e. The lowest BCUT2D eigenvalue weighted by Crippen LogP contribution is -2.27. The molecule has 0 spiro atoms. The summed E-state index contributed by atoms with van der Waals surface area (Å²) in [5.74, 6) is -0.417. The molecule has 3 rings (SSSR count). The average molecular weight is 390 g/mol. The van der Waals surface area contributed by atoms with Crippen LogP contribution in [0.2, 0.25) is 0 Å². The molecule has 5 nitrogen and oxygen atoms in total. The summed E-state index contributed by atoms with van der Waals surface area (Å²) in [4.78, 5) is 14.0. The molecule has 0 radical (unpaired) electrons. The first-order valence-corrected chi connectivity index (χ1v) is 10.4. The highest BCUT2D eigenvalue weighted by Gasteiger charge is 2.27. The fourth-order valence-corrected chi connectivity index (χ4v) is 4.04. The van der Waals surface area contributed by atoms with Gasteiger partial charge in [0.15, 0.2) is 0 Å². The van der Waals surface area contributed by atoms with Crippen LogP contribution in [0.1, 0.15) is 30.4 Å². The van der Waals surface area contributed by atoms with Crippen molar-refractivity contribution in [2.75, 3.05) is 7.05 Å². The van der Waals surface area contributed by atoms with E-state index in [4.69, 9.17) is 0 Å². The van der Waals surface area contributed by atoms with Gasteiger partial charge in [-0.1, -0.05) is 30.3 Å². The normalized spacial score (nSPS) is 14.1. The fraction of sp³-hybridized carbons (Fsp3) is 0.350. The predicted octanol–water partition coefficient (Wildman–Crippen LogP) is 2.86. The van der Waals surface area contributed by atoms with Gasteiger partial charge in [-0.2, -0.15) is 0 Å². The molecule has 0 aromatic heterocycles. The Morgan fingerprint density at radius 3 is 2.44 bits per heavy atom. The zero-order valence-corrected chi connectivity index (χ0v) is 16.0. The van der Waals surface area contributed by atoms with E-state index in [0.29, 0.717) is 12.0 Å². The number of aryl methyl sites for hydroxylation is 1. The number of benzene rings is 2. The molecule has 2 aromatic carbocycles. The average Bonchev–Trinajstić information content (AvgIpc) is 3.45. The third kappa shape index (κ3) is 5.37. The number of carbonyl (C=O) groups is 1. The molecule has 0 saturated heterocycles. The summed E-state index contributed by atoms with van der Waals surface area (Å²) in [5, 5.41) is 0. The summed E-state index contributed by atoms with van der Waals surface area (Å²) in [6, 6.07) is 13.0. The number of halogens is 1.